The molecule has 2 heterocycles. The van der Waals surface area contributed by atoms with Crippen LogP contribution in [0.5, 0.6) is 0 Å². The Bertz CT molecular complexity index is 1310. The van der Waals surface area contributed by atoms with Crippen LogP contribution in [0.1, 0.15) is 38.7 Å². The molecule has 2 aliphatic rings. The molecule has 0 bridgehead atoms. The molecule has 7 heteroatoms. The standard InChI is InChI=1S/C23H18N2O4S/c26-22-18-12-14-25(30(28,29)16-9-5-2-6-10-16)21(18)23(27)19-17(11-13-24-20(19)22)15-7-3-1-4-8-15/h1-10,12,14,17,24H,11,13H2. The normalized spacial score (nSPS) is 18.6. The third kappa shape index (κ3) is 2.66. The molecule has 1 N–H and O–H groups in total. The fraction of sp³-hybridized carbons (Fsp3) is 0.130. The average Bonchev–Trinajstić information content (AvgIpc) is 3.25. The molecule has 1 atom stereocenters. The summed E-state index contributed by atoms with van der Waals surface area (Å²) in [4.78, 5) is 26.8. The average molecular weight is 418 g/mol. The second-order valence-electron chi connectivity index (χ2n) is 7.32. The first kappa shape index (κ1) is 18.6. The van der Waals surface area contributed by atoms with Crippen LogP contribution in [0.4, 0.5) is 0 Å². The lowest BCUT2D eigenvalue weighted by Gasteiger charge is -2.31. The smallest absolute Gasteiger partial charge is 0.268 e. The van der Waals surface area contributed by atoms with E-state index in [2.05, 4.69) is 5.32 Å². The third-order valence-electron chi connectivity index (χ3n) is 5.64. The number of nitrogens with one attached hydrogen (secondary N) is 1. The topological polar surface area (TPSA) is 85.2 Å². The van der Waals surface area contributed by atoms with Crippen molar-refractivity contribution in [1.82, 2.24) is 9.29 Å². The Morgan fingerprint density at radius 2 is 1.53 bits per heavy atom. The van der Waals surface area contributed by atoms with Gasteiger partial charge in [0.1, 0.15) is 5.69 Å². The first-order valence-electron chi connectivity index (χ1n) is 9.64. The van der Waals surface area contributed by atoms with Crippen molar-refractivity contribution in [2.45, 2.75) is 17.2 Å². The highest BCUT2D eigenvalue weighted by molar-refractivity contribution is 7.90. The molecule has 1 aliphatic heterocycles. The van der Waals surface area contributed by atoms with Crippen molar-refractivity contribution in [3.63, 3.8) is 0 Å². The Kier molecular flexibility index (Phi) is 4.22. The Balaban J connectivity index is 1.68. The van der Waals surface area contributed by atoms with Crippen LogP contribution in [0.25, 0.3) is 0 Å². The molecule has 6 nitrogen and oxygen atoms in total. The zero-order valence-electron chi connectivity index (χ0n) is 15.9. The minimum atomic E-state index is -4.01. The van der Waals surface area contributed by atoms with E-state index in [0.29, 0.717) is 18.5 Å². The number of ketones is 2. The highest BCUT2D eigenvalue weighted by Crippen LogP contribution is 2.39. The maximum Gasteiger partial charge on any atom is 0.268 e. The SMILES string of the molecule is O=C1C2=C(C(=O)c3c1ccn3S(=O)(=O)c1ccccc1)C(c1ccccc1)CCN2. The Morgan fingerprint density at radius 1 is 0.867 bits per heavy atom. The van der Waals surface area contributed by atoms with Gasteiger partial charge in [0.05, 0.1) is 16.2 Å². The molecule has 2 aromatic carbocycles. The van der Waals surface area contributed by atoms with Crippen LogP contribution in [-0.4, -0.2) is 30.5 Å². The van der Waals surface area contributed by atoms with Crippen LogP contribution in [0.2, 0.25) is 0 Å². The summed E-state index contributed by atoms with van der Waals surface area (Å²) in [6, 6.07) is 18.8. The lowest BCUT2D eigenvalue weighted by atomic mass is 9.77. The van der Waals surface area contributed by atoms with E-state index in [9.17, 15) is 18.0 Å². The van der Waals surface area contributed by atoms with Crippen LogP contribution >= 0.6 is 0 Å². The molecule has 3 aromatic rings. The van der Waals surface area contributed by atoms with E-state index < -0.39 is 15.8 Å². The maximum atomic E-state index is 13.6. The molecular formula is C23H18N2O4S. The van der Waals surface area contributed by atoms with Crippen molar-refractivity contribution >= 4 is 21.6 Å². The van der Waals surface area contributed by atoms with Gasteiger partial charge in [-0.1, -0.05) is 48.5 Å². The van der Waals surface area contributed by atoms with E-state index >= 15 is 0 Å². The minimum absolute atomic E-state index is 0.0600. The molecule has 0 radical (unpaired) electrons. The molecule has 1 unspecified atom stereocenters. The number of hydrogen-bond acceptors (Lipinski definition) is 5. The van der Waals surface area contributed by atoms with Crippen LogP contribution in [-0.2, 0) is 10.0 Å². The Hall–Kier alpha value is -3.45. The molecule has 1 aromatic heterocycles. The summed E-state index contributed by atoms with van der Waals surface area (Å²) < 4.78 is 27.3. The number of hydrogen-bond donors (Lipinski definition) is 1. The number of rotatable bonds is 3. The van der Waals surface area contributed by atoms with Gasteiger partial charge in [0.25, 0.3) is 10.0 Å². The highest BCUT2D eigenvalue weighted by atomic mass is 32.2. The van der Waals surface area contributed by atoms with Gasteiger partial charge < -0.3 is 5.32 Å². The van der Waals surface area contributed by atoms with Gasteiger partial charge in [-0.05, 0) is 30.2 Å². The van der Waals surface area contributed by atoms with E-state index in [-0.39, 0.29) is 33.6 Å². The highest BCUT2D eigenvalue weighted by Gasteiger charge is 2.42. The lowest BCUT2D eigenvalue weighted by Crippen LogP contribution is -2.38. The number of allylic oxidation sites excluding steroid dienone is 2. The Morgan fingerprint density at radius 3 is 2.23 bits per heavy atom. The third-order valence-corrected chi connectivity index (χ3v) is 7.33. The first-order chi connectivity index (χ1) is 14.5. The van der Waals surface area contributed by atoms with Crippen molar-refractivity contribution in [3.05, 3.63) is 101 Å². The fourth-order valence-electron chi connectivity index (χ4n) is 4.24. The van der Waals surface area contributed by atoms with E-state index in [1.54, 1.807) is 18.2 Å². The summed E-state index contributed by atoms with van der Waals surface area (Å²) in [7, 11) is -4.01. The van der Waals surface area contributed by atoms with Crippen LogP contribution in [0, 0.1) is 0 Å². The maximum absolute atomic E-state index is 13.6. The molecule has 0 fully saturated rings. The monoisotopic (exact) mass is 418 g/mol. The van der Waals surface area contributed by atoms with Crippen molar-refractivity contribution in [3.8, 4) is 0 Å². The second-order valence-corrected chi connectivity index (χ2v) is 9.13. The predicted molar refractivity (Wildman–Crippen MR) is 111 cm³/mol. The fourth-order valence-corrected chi connectivity index (χ4v) is 5.61. The molecule has 0 saturated carbocycles. The van der Waals surface area contributed by atoms with Crippen molar-refractivity contribution < 1.29 is 18.0 Å². The molecule has 0 saturated heterocycles. The van der Waals surface area contributed by atoms with Crippen LogP contribution in [0.3, 0.4) is 0 Å². The van der Waals surface area contributed by atoms with Gasteiger partial charge in [0, 0.05) is 24.2 Å². The molecule has 150 valence electrons. The van der Waals surface area contributed by atoms with Gasteiger partial charge >= 0.3 is 0 Å². The number of fused-ring (bicyclic) bond motifs is 1. The number of benzene rings is 2. The second kappa shape index (κ2) is 6.81. The zero-order chi connectivity index (χ0) is 20.9. The summed E-state index contributed by atoms with van der Waals surface area (Å²) in [5.74, 6) is -1.04. The van der Waals surface area contributed by atoms with E-state index in [0.717, 1.165) is 9.54 Å². The van der Waals surface area contributed by atoms with E-state index in [4.69, 9.17) is 0 Å². The quantitative estimate of drug-likeness (QED) is 0.706. The first-order valence-corrected chi connectivity index (χ1v) is 11.1. The summed E-state index contributed by atoms with van der Waals surface area (Å²) in [6.45, 7) is 0.565. The van der Waals surface area contributed by atoms with Crippen LogP contribution < -0.4 is 5.32 Å². The lowest BCUT2D eigenvalue weighted by molar-refractivity contribution is 0.0954. The van der Waals surface area contributed by atoms with E-state index in [1.807, 2.05) is 30.3 Å². The minimum Gasteiger partial charge on any atom is -0.381 e. The number of nitrogens with zero attached hydrogens (tertiary/aromatic N) is 1. The number of Topliss-reactive ketones (excluding diaryl/α,β-unsaturated/α-hetero) is 2. The summed E-state index contributed by atoms with van der Waals surface area (Å²) in [5, 5.41) is 3.07. The molecule has 1 aliphatic carbocycles. The van der Waals surface area contributed by atoms with Crippen molar-refractivity contribution in [1.29, 1.82) is 0 Å². The number of aromatic nitrogens is 1. The Labute approximate surface area is 173 Å². The molecule has 0 spiro atoms. The molecule has 0 amide bonds. The van der Waals surface area contributed by atoms with Crippen LogP contribution in [0.15, 0.2) is 89.1 Å². The van der Waals surface area contributed by atoms with Gasteiger partial charge in [-0.3, -0.25) is 9.59 Å². The summed E-state index contributed by atoms with van der Waals surface area (Å²) >= 11 is 0. The van der Waals surface area contributed by atoms with Crippen molar-refractivity contribution in [2.24, 2.45) is 0 Å². The van der Waals surface area contributed by atoms with Gasteiger partial charge in [0.2, 0.25) is 11.6 Å². The number of carbonyl (C=O) groups is 2. The largest absolute Gasteiger partial charge is 0.381 e. The van der Waals surface area contributed by atoms with E-state index in [1.165, 1.54) is 24.4 Å². The number of carbonyl (C=O) groups excluding carboxylic acids is 2. The summed E-state index contributed by atoms with van der Waals surface area (Å²) in [5.41, 5.74) is 1.57. The van der Waals surface area contributed by atoms with Gasteiger partial charge in [-0.15, -0.1) is 0 Å². The summed E-state index contributed by atoms with van der Waals surface area (Å²) in [6.07, 6.45) is 1.93. The molecule has 5 rings (SSSR count). The van der Waals surface area contributed by atoms with Gasteiger partial charge in [-0.2, -0.15) is 0 Å². The van der Waals surface area contributed by atoms with Gasteiger partial charge in [-0.25, -0.2) is 12.4 Å². The van der Waals surface area contributed by atoms with Crippen molar-refractivity contribution in [2.75, 3.05) is 6.54 Å². The molecule has 30 heavy (non-hydrogen) atoms. The van der Waals surface area contributed by atoms with Gasteiger partial charge in [0.15, 0.2) is 0 Å². The predicted octanol–water partition coefficient (Wildman–Crippen LogP) is 3.14. The molecular weight excluding hydrogens is 400 g/mol. The zero-order valence-corrected chi connectivity index (χ0v) is 16.7.